The number of aryl methyl sites for hydroxylation is 1. The number of pyridine rings is 1. The van der Waals surface area contributed by atoms with Gasteiger partial charge in [0.25, 0.3) is 0 Å². The molecule has 0 aliphatic rings. The van der Waals surface area contributed by atoms with Crippen molar-refractivity contribution in [3.63, 3.8) is 0 Å². The van der Waals surface area contributed by atoms with Crippen LogP contribution in [0.1, 0.15) is 30.6 Å². The minimum absolute atomic E-state index is 0.260. The molecule has 0 aliphatic carbocycles. The SMILES string of the molecule is CCCn1ncc(OC)c1C(NN)c1ccc(Cl)nc1. The fourth-order valence-electron chi connectivity index (χ4n) is 2.11. The van der Waals surface area contributed by atoms with Gasteiger partial charge in [0.2, 0.25) is 0 Å². The van der Waals surface area contributed by atoms with Crippen LogP contribution in [0.4, 0.5) is 0 Å². The van der Waals surface area contributed by atoms with Crippen molar-refractivity contribution in [2.24, 2.45) is 5.84 Å². The van der Waals surface area contributed by atoms with E-state index in [2.05, 4.69) is 22.4 Å². The first-order chi connectivity index (χ1) is 9.71. The van der Waals surface area contributed by atoms with E-state index >= 15 is 0 Å². The van der Waals surface area contributed by atoms with Crippen LogP contribution in [0.15, 0.2) is 24.5 Å². The maximum Gasteiger partial charge on any atom is 0.161 e. The number of aromatic nitrogens is 3. The normalized spacial score (nSPS) is 12.4. The first-order valence-electron chi connectivity index (χ1n) is 6.38. The molecule has 0 saturated carbocycles. The predicted octanol–water partition coefficient (Wildman–Crippen LogP) is 1.90. The highest BCUT2D eigenvalue weighted by Crippen LogP contribution is 2.29. The first kappa shape index (κ1) is 14.8. The number of rotatable bonds is 6. The number of hydrogen-bond donors (Lipinski definition) is 2. The van der Waals surface area contributed by atoms with Crippen LogP contribution in [0.2, 0.25) is 5.15 Å². The molecule has 20 heavy (non-hydrogen) atoms. The Morgan fingerprint density at radius 3 is 2.80 bits per heavy atom. The lowest BCUT2D eigenvalue weighted by Crippen LogP contribution is -2.31. The van der Waals surface area contributed by atoms with Crippen LogP contribution in [-0.4, -0.2) is 21.9 Å². The van der Waals surface area contributed by atoms with Gasteiger partial charge in [-0.3, -0.25) is 10.5 Å². The minimum Gasteiger partial charge on any atom is -0.493 e. The Kier molecular flexibility index (Phi) is 4.94. The molecule has 0 aliphatic heterocycles. The van der Waals surface area contributed by atoms with E-state index in [-0.39, 0.29) is 6.04 Å². The van der Waals surface area contributed by atoms with E-state index in [0.717, 1.165) is 24.2 Å². The Morgan fingerprint density at radius 2 is 2.25 bits per heavy atom. The third kappa shape index (κ3) is 2.92. The zero-order valence-electron chi connectivity index (χ0n) is 11.5. The van der Waals surface area contributed by atoms with Crippen molar-refractivity contribution in [1.29, 1.82) is 0 Å². The highest BCUT2D eigenvalue weighted by atomic mass is 35.5. The standard InChI is InChI=1S/C13H18ClN5O/c1-3-6-19-13(10(20-2)8-17-19)12(18-15)9-4-5-11(14)16-7-9/h4-5,7-8,12,18H,3,6,15H2,1-2H3. The molecule has 2 aromatic rings. The van der Waals surface area contributed by atoms with Crippen LogP contribution >= 0.6 is 11.6 Å². The maximum atomic E-state index is 5.82. The molecular weight excluding hydrogens is 278 g/mol. The van der Waals surface area contributed by atoms with E-state index in [1.54, 1.807) is 25.6 Å². The van der Waals surface area contributed by atoms with Gasteiger partial charge in [-0.25, -0.2) is 10.4 Å². The van der Waals surface area contributed by atoms with Crippen LogP contribution in [0.3, 0.4) is 0 Å². The van der Waals surface area contributed by atoms with Gasteiger partial charge in [-0.2, -0.15) is 5.10 Å². The summed E-state index contributed by atoms with van der Waals surface area (Å²) >= 11 is 5.82. The van der Waals surface area contributed by atoms with Crippen LogP contribution in [0, 0.1) is 0 Å². The Labute approximate surface area is 122 Å². The quantitative estimate of drug-likeness (QED) is 0.483. The van der Waals surface area contributed by atoms with Gasteiger partial charge in [0.1, 0.15) is 10.8 Å². The van der Waals surface area contributed by atoms with Gasteiger partial charge in [-0.1, -0.05) is 24.6 Å². The molecular formula is C13H18ClN5O. The number of nitrogens with one attached hydrogen (secondary N) is 1. The van der Waals surface area contributed by atoms with Crippen molar-refractivity contribution in [3.05, 3.63) is 40.9 Å². The summed E-state index contributed by atoms with van der Waals surface area (Å²) in [6.07, 6.45) is 4.35. The molecule has 2 aromatic heterocycles. The fraction of sp³-hybridized carbons (Fsp3) is 0.385. The highest BCUT2D eigenvalue weighted by Gasteiger charge is 2.22. The number of hydrazine groups is 1. The minimum atomic E-state index is -0.260. The average Bonchev–Trinajstić information content (AvgIpc) is 2.85. The largest absolute Gasteiger partial charge is 0.493 e. The molecule has 3 N–H and O–H groups in total. The van der Waals surface area contributed by atoms with Gasteiger partial charge in [-0.05, 0) is 18.1 Å². The zero-order chi connectivity index (χ0) is 14.5. The first-order valence-corrected chi connectivity index (χ1v) is 6.76. The second-order valence-electron chi connectivity index (χ2n) is 4.34. The molecule has 1 atom stereocenters. The van der Waals surface area contributed by atoms with Crippen molar-refractivity contribution in [2.75, 3.05) is 7.11 Å². The lowest BCUT2D eigenvalue weighted by atomic mass is 10.1. The molecule has 108 valence electrons. The van der Waals surface area contributed by atoms with Crippen molar-refractivity contribution in [3.8, 4) is 5.75 Å². The molecule has 0 bridgehead atoms. The highest BCUT2D eigenvalue weighted by molar-refractivity contribution is 6.29. The molecule has 2 heterocycles. The zero-order valence-corrected chi connectivity index (χ0v) is 12.3. The number of hydrogen-bond acceptors (Lipinski definition) is 5. The summed E-state index contributed by atoms with van der Waals surface area (Å²) in [5, 5.41) is 4.78. The van der Waals surface area contributed by atoms with Gasteiger partial charge < -0.3 is 4.74 Å². The van der Waals surface area contributed by atoms with Crippen LogP contribution in [-0.2, 0) is 6.54 Å². The third-order valence-corrected chi connectivity index (χ3v) is 3.25. The Bertz CT molecular complexity index is 554. The Morgan fingerprint density at radius 1 is 1.45 bits per heavy atom. The van der Waals surface area contributed by atoms with Gasteiger partial charge >= 0.3 is 0 Å². The van der Waals surface area contributed by atoms with Crippen molar-refractivity contribution < 1.29 is 4.74 Å². The van der Waals surface area contributed by atoms with E-state index < -0.39 is 0 Å². The van der Waals surface area contributed by atoms with Gasteiger partial charge in [0.05, 0.1) is 19.3 Å². The summed E-state index contributed by atoms with van der Waals surface area (Å²) in [5.41, 5.74) is 4.56. The number of halogens is 1. The van der Waals surface area contributed by atoms with Gasteiger partial charge in [0.15, 0.2) is 5.75 Å². The summed E-state index contributed by atoms with van der Waals surface area (Å²) in [6, 6.07) is 3.35. The molecule has 7 heteroatoms. The van der Waals surface area contributed by atoms with Crippen molar-refractivity contribution >= 4 is 11.6 Å². The predicted molar refractivity (Wildman–Crippen MR) is 77.5 cm³/mol. The molecule has 1 unspecified atom stereocenters. The second-order valence-corrected chi connectivity index (χ2v) is 4.72. The topological polar surface area (TPSA) is 78.0 Å². The summed E-state index contributed by atoms with van der Waals surface area (Å²) in [4.78, 5) is 4.09. The summed E-state index contributed by atoms with van der Waals surface area (Å²) < 4.78 is 7.26. The molecule has 6 nitrogen and oxygen atoms in total. The number of nitrogens with zero attached hydrogens (tertiary/aromatic N) is 3. The molecule has 0 aromatic carbocycles. The summed E-state index contributed by atoms with van der Waals surface area (Å²) in [7, 11) is 1.62. The van der Waals surface area contributed by atoms with E-state index in [1.807, 2.05) is 10.7 Å². The van der Waals surface area contributed by atoms with Gasteiger partial charge in [-0.15, -0.1) is 0 Å². The number of ether oxygens (including phenoxy) is 1. The molecule has 0 amide bonds. The number of methoxy groups -OCH3 is 1. The van der Waals surface area contributed by atoms with Crippen LogP contribution in [0.25, 0.3) is 0 Å². The van der Waals surface area contributed by atoms with Crippen LogP contribution in [0.5, 0.6) is 5.75 Å². The van der Waals surface area contributed by atoms with Crippen molar-refractivity contribution in [1.82, 2.24) is 20.2 Å². The smallest absolute Gasteiger partial charge is 0.161 e. The lowest BCUT2D eigenvalue weighted by Gasteiger charge is -2.19. The number of nitrogens with two attached hydrogens (primary N) is 1. The van der Waals surface area contributed by atoms with E-state index in [9.17, 15) is 0 Å². The van der Waals surface area contributed by atoms with E-state index in [0.29, 0.717) is 10.9 Å². The lowest BCUT2D eigenvalue weighted by molar-refractivity contribution is 0.398. The summed E-state index contributed by atoms with van der Waals surface area (Å²) in [6.45, 7) is 2.88. The molecule has 0 fully saturated rings. The maximum absolute atomic E-state index is 5.82. The molecule has 0 radical (unpaired) electrons. The van der Waals surface area contributed by atoms with E-state index in [4.69, 9.17) is 22.2 Å². The fourth-order valence-corrected chi connectivity index (χ4v) is 2.22. The second kappa shape index (κ2) is 6.69. The van der Waals surface area contributed by atoms with Crippen molar-refractivity contribution in [2.45, 2.75) is 25.9 Å². The Balaban J connectivity index is 2.44. The van der Waals surface area contributed by atoms with Crippen LogP contribution < -0.4 is 16.0 Å². The molecule has 2 rings (SSSR count). The average molecular weight is 296 g/mol. The summed E-state index contributed by atoms with van der Waals surface area (Å²) in [5.74, 6) is 6.41. The molecule has 0 saturated heterocycles. The van der Waals surface area contributed by atoms with Gasteiger partial charge in [0, 0.05) is 12.7 Å². The third-order valence-electron chi connectivity index (χ3n) is 3.02. The Hall–Kier alpha value is -1.63. The molecule has 0 spiro atoms. The monoisotopic (exact) mass is 295 g/mol. The van der Waals surface area contributed by atoms with E-state index in [1.165, 1.54) is 0 Å².